The molecule has 180 valence electrons. The monoisotopic (exact) mass is 472 g/mol. The van der Waals surface area contributed by atoms with Crippen LogP contribution in [-0.2, 0) is 0 Å². The number of hydrogen-bond donors (Lipinski definition) is 3. The molecule has 5 rings (SSSR count). The minimum atomic E-state index is -1.23. The fraction of sp³-hybridized carbons (Fsp3) is 0.458. The first-order valence-electron chi connectivity index (χ1n) is 11.4. The van der Waals surface area contributed by atoms with Crippen molar-refractivity contribution in [1.29, 1.82) is 0 Å². The smallest absolute Gasteiger partial charge is 0.172 e. The van der Waals surface area contributed by atoms with Gasteiger partial charge in [0.2, 0.25) is 0 Å². The van der Waals surface area contributed by atoms with Gasteiger partial charge in [-0.2, -0.15) is 5.10 Å². The van der Waals surface area contributed by atoms with Crippen molar-refractivity contribution in [3.8, 4) is 28.1 Å². The quantitative estimate of drug-likeness (QED) is 0.494. The van der Waals surface area contributed by atoms with Crippen molar-refractivity contribution in [2.24, 2.45) is 0 Å². The molecule has 0 amide bonds. The topological polar surface area (TPSA) is 90.0 Å². The molecule has 2 aromatic heterocycles. The van der Waals surface area contributed by atoms with Crippen molar-refractivity contribution in [2.45, 2.75) is 56.7 Å². The maximum absolute atomic E-state index is 14.9. The number of phenols is 1. The van der Waals surface area contributed by atoms with E-state index in [1.807, 2.05) is 4.90 Å². The largest absolute Gasteiger partial charge is 0.507 e. The summed E-state index contributed by atoms with van der Waals surface area (Å²) in [7, 11) is 0. The third-order valence-corrected chi connectivity index (χ3v) is 7.17. The van der Waals surface area contributed by atoms with Gasteiger partial charge in [0.25, 0.3) is 0 Å². The number of benzene rings is 1. The van der Waals surface area contributed by atoms with Crippen LogP contribution in [0.4, 0.5) is 19.0 Å². The van der Waals surface area contributed by atoms with Crippen molar-refractivity contribution in [2.75, 3.05) is 18.1 Å². The maximum Gasteiger partial charge on any atom is 0.172 e. The van der Waals surface area contributed by atoms with E-state index in [2.05, 4.69) is 39.6 Å². The first kappa shape index (κ1) is 22.6. The van der Waals surface area contributed by atoms with Crippen LogP contribution in [0.3, 0.4) is 0 Å². The van der Waals surface area contributed by atoms with Gasteiger partial charge in [-0.05, 0) is 57.7 Å². The highest BCUT2D eigenvalue weighted by molar-refractivity contribution is 5.75. The van der Waals surface area contributed by atoms with E-state index in [9.17, 15) is 18.3 Å². The number of halogens is 3. The molecule has 2 bridgehead atoms. The standard InChI is InChI=1S/C24H27F3N6O/c1-23-5-6-24(2,32-23)11-15(10-23)33(8-7-25)19-4-3-17(30-31-19)20-18(34)9-16(21(26)22(20)27)14-12-28-29-13-14/h3-4,9,12-13,15,32,34H,5-8,10-11H2,1-2H3,(H,28,29)/t15?,23-,24+. The molecule has 0 aliphatic carbocycles. The van der Waals surface area contributed by atoms with Gasteiger partial charge in [-0.25, -0.2) is 13.2 Å². The molecule has 3 aromatic rings. The molecule has 4 heterocycles. The van der Waals surface area contributed by atoms with E-state index in [0.717, 1.165) is 31.7 Å². The van der Waals surface area contributed by atoms with Gasteiger partial charge in [0.1, 0.15) is 12.4 Å². The number of aromatic nitrogens is 4. The number of fused-ring (bicyclic) bond motifs is 2. The van der Waals surface area contributed by atoms with Crippen LogP contribution >= 0.6 is 0 Å². The third kappa shape index (κ3) is 3.89. The Morgan fingerprint density at radius 1 is 1.12 bits per heavy atom. The molecule has 3 N–H and O–H groups in total. The molecule has 7 nitrogen and oxygen atoms in total. The lowest BCUT2D eigenvalue weighted by Gasteiger charge is -2.46. The summed E-state index contributed by atoms with van der Waals surface area (Å²) in [5.74, 6) is -2.34. The Labute approximate surface area is 195 Å². The molecular formula is C24H27F3N6O. The van der Waals surface area contributed by atoms with Gasteiger partial charge >= 0.3 is 0 Å². The van der Waals surface area contributed by atoms with Crippen LogP contribution in [0.1, 0.15) is 39.5 Å². The highest BCUT2D eigenvalue weighted by Crippen LogP contribution is 2.44. The minimum Gasteiger partial charge on any atom is -0.507 e. The van der Waals surface area contributed by atoms with Crippen LogP contribution in [0.25, 0.3) is 22.4 Å². The molecule has 2 aliphatic heterocycles. The van der Waals surface area contributed by atoms with Gasteiger partial charge in [-0.15, -0.1) is 10.2 Å². The van der Waals surface area contributed by atoms with Crippen LogP contribution in [0.15, 0.2) is 30.6 Å². The lowest BCUT2D eigenvalue weighted by molar-refractivity contribution is 0.203. The molecular weight excluding hydrogens is 445 g/mol. The van der Waals surface area contributed by atoms with Crippen molar-refractivity contribution in [1.82, 2.24) is 25.7 Å². The number of piperidine rings is 1. The van der Waals surface area contributed by atoms with Gasteiger partial charge in [0, 0.05) is 41.0 Å². The summed E-state index contributed by atoms with van der Waals surface area (Å²) in [6.07, 6.45) is 6.56. The Balaban J connectivity index is 1.46. The number of nitrogens with one attached hydrogen (secondary N) is 2. The van der Waals surface area contributed by atoms with E-state index in [1.54, 1.807) is 6.07 Å². The zero-order valence-electron chi connectivity index (χ0n) is 19.1. The molecule has 0 saturated carbocycles. The summed E-state index contributed by atoms with van der Waals surface area (Å²) in [5.41, 5.74) is -0.221. The predicted molar refractivity (Wildman–Crippen MR) is 122 cm³/mol. The number of anilines is 1. The number of rotatable bonds is 6. The molecule has 10 heteroatoms. The average Bonchev–Trinajstić information content (AvgIpc) is 3.41. The summed E-state index contributed by atoms with van der Waals surface area (Å²) in [6.45, 7) is 4.01. The van der Waals surface area contributed by atoms with Gasteiger partial charge in [-0.1, -0.05) is 0 Å². The minimum absolute atomic E-state index is 0.0111. The van der Waals surface area contributed by atoms with E-state index in [0.29, 0.717) is 11.4 Å². The average molecular weight is 473 g/mol. The Morgan fingerprint density at radius 2 is 1.85 bits per heavy atom. The highest BCUT2D eigenvalue weighted by Gasteiger charge is 2.50. The molecule has 1 aromatic carbocycles. The summed E-state index contributed by atoms with van der Waals surface area (Å²) < 4.78 is 43.2. The van der Waals surface area contributed by atoms with Crippen molar-refractivity contribution in [3.63, 3.8) is 0 Å². The lowest BCUT2D eigenvalue weighted by atomic mass is 9.84. The number of H-pyrrole nitrogens is 1. The van der Waals surface area contributed by atoms with E-state index >= 15 is 0 Å². The van der Waals surface area contributed by atoms with E-state index < -0.39 is 24.1 Å². The summed E-state index contributed by atoms with van der Waals surface area (Å²) in [6, 6.07) is 4.30. The predicted octanol–water partition coefficient (Wildman–Crippen LogP) is 4.36. The van der Waals surface area contributed by atoms with E-state index in [-0.39, 0.29) is 40.5 Å². The number of aromatic amines is 1. The normalized spacial score (nSPS) is 26.1. The zero-order chi connectivity index (χ0) is 24.1. The number of nitrogens with zero attached hydrogens (tertiary/aromatic N) is 4. The fourth-order valence-electron chi connectivity index (χ4n) is 5.70. The first-order chi connectivity index (χ1) is 16.2. The second-order valence-corrected chi connectivity index (χ2v) is 9.90. The lowest BCUT2D eigenvalue weighted by Crippen LogP contribution is -2.59. The zero-order valence-corrected chi connectivity index (χ0v) is 19.1. The Kier molecular flexibility index (Phi) is 5.50. The Bertz CT molecular complexity index is 1170. The van der Waals surface area contributed by atoms with Crippen LogP contribution in [-0.4, -0.2) is 55.8 Å². The van der Waals surface area contributed by atoms with Crippen LogP contribution in [0.5, 0.6) is 5.75 Å². The molecule has 2 aliphatic rings. The van der Waals surface area contributed by atoms with Crippen LogP contribution in [0.2, 0.25) is 0 Å². The second kappa shape index (κ2) is 8.26. The maximum atomic E-state index is 14.9. The van der Waals surface area contributed by atoms with E-state index in [1.165, 1.54) is 18.5 Å². The number of hydrogen-bond acceptors (Lipinski definition) is 6. The van der Waals surface area contributed by atoms with Gasteiger partial charge in [0.05, 0.1) is 17.5 Å². The van der Waals surface area contributed by atoms with Crippen molar-refractivity contribution >= 4 is 5.82 Å². The molecule has 0 spiro atoms. The van der Waals surface area contributed by atoms with Crippen molar-refractivity contribution < 1.29 is 18.3 Å². The van der Waals surface area contributed by atoms with Gasteiger partial charge in [-0.3, -0.25) is 5.10 Å². The van der Waals surface area contributed by atoms with Crippen LogP contribution < -0.4 is 10.2 Å². The number of phenolic OH excluding ortho intramolecular Hbond substituents is 1. The van der Waals surface area contributed by atoms with Gasteiger partial charge < -0.3 is 15.3 Å². The fourth-order valence-corrected chi connectivity index (χ4v) is 5.70. The highest BCUT2D eigenvalue weighted by atomic mass is 19.2. The van der Waals surface area contributed by atoms with Crippen molar-refractivity contribution in [3.05, 3.63) is 42.2 Å². The third-order valence-electron chi connectivity index (χ3n) is 7.17. The molecule has 0 radical (unpaired) electrons. The second-order valence-electron chi connectivity index (χ2n) is 9.90. The molecule has 2 fully saturated rings. The molecule has 1 unspecified atom stereocenters. The molecule has 34 heavy (non-hydrogen) atoms. The summed E-state index contributed by atoms with van der Waals surface area (Å²) >= 11 is 0. The number of alkyl halides is 1. The first-order valence-corrected chi connectivity index (χ1v) is 11.4. The summed E-state index contributed by atoms with van der Waals surface area (Å²) in [4.78, 5) is 1.91. The van der Waals surface area contributed by atoms with Crippen LogP contribution in [0, 0.1) is 11.6 Å². The number of aromatic hydroxyl groups is 1. The Hall–Kier alpha value is -3.14. The SMILES string of the molecule is C[C@]12CC[C@](C)(CC(N(CCF)c3ccc(-c4c(O)cc(-c5cn[nH]c5)c(F)c4F)nn3)C1)N2. The van der Waals surface area contributed by atoms with Gasteiger partial charge in [0.15, 0.2) is 17.5 Å². The molecule has 2 saturated heterocycles. The Morgan fingerprint density at radius 3 is 2.44 bits per heavy atom. The molecule has 3 atom stereocenters. The summed E-state index contributed by atoms with van der Waals surface area (Å²) in [5, 5.41) is 28.7. The van der Waals surface area contributed by atoms with E-state index in [4.69, 9.17) is 0 Å².